The van der Waals surface area contributed by atoms with E-state index in [9.17, 15) is 5.11 Å². The van der Waals surface area contributed by atoms with Gasteiger partial charge in [0.25, 0.3) is 0 Å². The van der Waals surface area contributed by atoms with Gasteiger partial charge in [-0.1, -0.05) is 78.1 Å². The van der Waals surface area contributed by atoms with Gasteiger partial charge in [0.2, 0.25) is 0 Å². The summed E-state index contributed by atoms with van der Waals surface area (Å²) in [5.74, 6) is 7.95. The molecule has 3 aromatic carbocycles. The van der Waals surface area contributed by atoms with Crippen LogP contribution in [0.4, 0.5) is 0 Å². The van der Waals surface area contributed by atoms with E-state index in [0.717, 1.165) is 17.9 Å². The van der Waals surface area contributed by atoms with E-state index in [1.54, 1.807) is 14.2 Å². The first-order valence-corrected chi connectivity index (χ1v) is 11.0. The summed E-state index contributed by atoms with van der Waals surface area (Å²) in [7, 11) is 3.23. The average Bonchev–Trinajstić information content (AvgIpc) is 3.61. The fourth-order valence-electron chi connectivity index (χ4n) is 3.72. The molecule has 3 aromatic rings. The molecule has 0 aliphatic heterocycles. The van der Waals surface area contributed by atoms with Crippen molar-refractivity contribution in [3.63, 3.8) is 0 Å². The van der Waals surface area contributed by atoms with Gasteiger partial charge in [-0.25, -0.2) is 0 Å². The van der Waals surface area contributed by atoms with Gasteiger partial charge < -0.3 is 19.3 Å². The number of hydrogen-bond donors (Lipinski definition) is 1. The van der Waals surface area contributed by atoms with Crippen LogP contribution in [0, 0.1) is 17.8 Å². The first kappa shape index (κ1) is 22.7. The van der Waals surface area contributed by atoms with Crippen LogP contribution in [0.2, 0.25) is 0 Å². The summed E-state index contributed by atoms with van der Waals surface area (Å²) in [4.78, 5) is 0. The lowest BCUT2D eigenvalue weighted by Crippen LogP contribution is -2.25. The fraction of sp³-hybridized carbons (Fsp3) is 0.241. The van der Waals surface area contributed by atoms with Gasteiger partial charge in [0.15, 0.2) is 5.60 Å². The summed E-state index contributed by atoms with van der Waals surface area (Å²) in [6.45, 7) is 0.889. The molecule has 0 radical (unpaired) electrons. The molecule has 0 saturated heterocycles. The summed E-state index contributed by atoms with van der Waals surface area (Å²) in [5.41, 5.74) is 2.48. The maximum Gasteiger partial charge on any atom is 0.176 e. The molecule has 33 heavy (non-hydrogen) atoms. The lowest BCUT2D eigenvalue weighted by molar-refractivity contribution is 0.141. The highest BCUT2D eigenvalue weighted by Crippen LogP contribution is 2.39. The molecule has 0 aromatic heterocycles. The number of benzene rings is 3. The normalized spacial score (nSPS) is 16.1. The topological polar surface area (TPSA) is 47.9 Å². The molecule has 1 fully saturated rings. The molecule has 0 amide bonds. The molecule has 1 N–H and O–H groups in total. The van der Waals surface area contributed by atoms with Gasteiger partial charge in [0.05, 0.1) is 20.8 Å². The van der Waals surface area contributed by atoms with Crippen molar-refractivity contribution < 1.29 is 19.3 Å². The van der Waals surface area contributed by atoms with E-state index in [1.165, 1.54) is 11.1 Å². The van der Waals surface area contributed by atoms with E-state index in [-0.39, 0.29) is 6.61 Å². The Bertz CT molecular complexity index is 1090. The van der Waals surface area contributed by atoms with Gasteiger partial charge in [-0.3, -0.25) is 0 Å². The van der Waals surface area contributed by atoms with Crippen LogP contribution in [0.3, 0.4) is 0 Å². The van der Waals surface area contributed by atoms with Crippen LogP contribution in [-0.2, 0) is 10.3 Å². The van der Waals surface area contributed by atoms with E-state index >= 15 is 0 Å². The van der Waals surface area contributed by atoms with Gasteiger partial charge >= 0.3 is 0 Å². The van der Waals surface area contributed by atoms with Crippen molar-refractivity contribution in [1.82, 2.24) is 0 Å². The highest BCUT2D eigenvalue weighted by Gasteiger charge is 2.30. The maximum atomic E-state index is 11.6. The Balaban J connectivity index is 1.43. The quantitative estimate of drug-likeness (QED) is 0.393. The third-order valence-electron chi connectivity index (χ3n) is 5.78. The second-order valence-electron chi connectivity index (χ2n) is 8.02. The molecule has 4 rings (SSSR count). The van der Waals surface area contributed by atoms with Crippen LogP contribution in [0.5, 0.6) is 11.5 Å². The first-order chi connectivity index (χ1) is 16.1. The number of rotatable bonds is 8. The minimum Gasteiger partial charge on any atom is -0.497 e. The summed E-state index contributed by atoms with van der Waals surface area (Å²) in [5, 5.41) is 11.6. The Morgan fingerprint density at radius 3 is 2.00 bits per heavy atom. The van der Waals surface area contributed by atoms with E-state index in [2.05, 4.69) is 30.0 Å². The molecule has 4 nitrogen and oxygen atoms in total. The van der Waals surface area contributed by atoms with Crippen LogP contribution in [0.25, 0.3) is 6.08 Å². The molecular weight excluding hydrogens is 412 g/mol. The van der Waals surface area contributed by atoms with Crippen molar-refractivity contribution in [2.75, 3.05) is 27.4 Å². The molecule has 1 aliphatic carbocycles. The fourth-order valence-corrected chi connectivity index (χ4v) is 3.72. The van der Waals surface area contributed by atoms with E-state index < -0.39 is 5.60 Å². The third-order valence-corrected chi connectivity index (χ3v) is 5.78. The van der Waals surface area contributed by atoms with Crippen LogP contribution in [-0.4, -0.2) is 32.5 Å². The van der Waals surface area contributed by atoms with Gasteiger partial charge in [-0.15, -0.1) is 0 Å². The number of hydrogen-bond acceptors (Lipinski definition) is 4. The summed E-state index contributed by atoms with van der Waals surface area (Å²) in [6, 6.07) is 24.9. The zero-order valence-electron chi connectivity index (χ0n) is 19.0. The Labute approximate surface area is 195 Å². The van der Waals surface area contributed by atoms with E-state index in [4.69, 9.17) is 14.2 Å². The van der Waals surface area contributed by atoms with Crippen LogP contribution < -0.4 is 9.47 Å². The SMILES string of the molecule is COc1ccc(C(O)(C#CCOCC2C/C2=C/c2ccccc2)c2ccc(OC)cc2)cc1. The Kier molecular flexibility index (Phi) is 7.14. The number of ether oxygens (including phenoxy) is 3. The lowest BCUT2D eigenvalue weighted by Gasteiger charge is -2.24. The Hall–Kier alpha value is -3.52. The molecule has 1 unspecified atom stereocenters. The molecule has 0 bridgehead atoms. The smallest absolute Gasteiger partial charge is 0.176 e. The van der Waals surface area contributed by atoms with Crippen LogP contribution >= 0.6 is 0 Å². The Morgan fingerprint density at radius 2 is 1.45 bits per heavy atom. The number of aliphatic hydroxyl groups is 1. The molecule has 1 saturated carbocycles. The lowest BCUT2D eigenvalue weighted by atomic mass is 9.86. The largest absolute Gasteiger partial charge is 0.497 e. The predicted octanol–water partition coefficient (Wildman–Crippen LogP) is 5.06. The van der Waals surface area contributed by atoms with Crippen molar-refractivity contribution in [2.24, 2.45) is 5.92 Å². The maximum absolute atomic E-state index is 11.6. The second-order valence-corrected chi connectivity index (χ2v) is 8.02. The van der Waals surface area contributed by atoms with Crippen molar-refractivity contribution >= 4 is 6.08 Å². The summed E-state index contributed by atoms with van der Waals surface area (Å²) >= 11 is 0. The number of methoxy groups -OCH3 is 2. The van der Waals surface area contributed by atoms with E-state index in [1.807, 2.05) is 66.7 Å². The third kappa shape index (κ3) is 5.64. The minimum atomic E-state index is -1.47. The highest BCUT2D eigenvalue weighted by atomic mass is 16.5. The summed E-state index contributed by atoms with van der Waals surface area (Å²) < 4.78 is 16.3. The second kappa shape index (κ2) is 10.4. The monoisotopic (exact) mass is 440 g/mol. The van der Waals surface area contributed by atoms with E-state index in [0.29, 0.717) is 23.7 Å². The van der Waals surface area contributed by atoms with Gasteiger partial charge in [0.1, 0.15) is 18.1 Å². The van der Waals surface area contributed by atoms with Crippen molar-refractivity contribution in [3.05, 3.63) is 101 Å². The van der Waals surface area contributed by atoms with Crippen molar-refractivity contribution in [2.45, 2.75) is 12.0 Å². The van der Waals surface area contributed by atoms with Crippen LogP contribution in [0.1, 0.15) is 23.1 Å². The van der Waals surface area contributed by atoms with Gasteiger partial charge in [0, 0.05) is 17.0 Å². The average molecular weight is 441 g/mol. The van der Waals surface area contributed by atoms with Crippen molar-refractivity contribution in [1.29, 1.82) is 0 Å². The molecule has 0 heterocycles. The Morgan fingerprint density at radius 1 is 0.879 bits per heavy atom. The van der Waals surface area contributed by atoms with Crippen LogP contribution in [0.15, 0.2) is 84.4 Å². The molecular formula is C29H28O4. The minimum absolute atomic E-state index is 0.254. The van der Waals surface area contributed by atoms with Crippen molar-refractivity contribution in [3.8, 4) is 23.3 Å². The standard InChI is InChI=1S/C29H28O4/c1-31-27-13-9-25(10-14-27)29(30,26-11-15-28(32-2)16-12-26)17-6-18-33-21-24-20-23(24)19-22-7-4-3-5-8-22/h3-5,7-16,19,24,30H,18,20-21H2,1-2H3/b23-19-. The zero-order valence-corrected chi connectivity index (χ0v) is 19.0. The molecule has 1 aliphatic rings. The predicted molar refractivity (Wildman–Crippen MR) is 130 cm³/mol. The molecule has 4 heteroatoms. The van der Waals surface area contributed by atoms with Gasteiger partial charge in [-0.2, -0.15) is 0 Å². The molecule has 0 spiro atoms. The zero-order chi connectivity index (χ0) is 23.1. The summed E-state index contributed by atoms with van der Waals surface area (Å²) in [6.07, 6.45) is 3.29. The molecule has 1 atom stereocenters. The molecule has 168 valence electrons. The first-order valence-electron chi connectivity index (χ1n) is 11.0. The highest BCUT2D eigenvalue weighted by molar-refractivity contribution is 5.57. The van der Waals surface area contributed by atoms with Gasteiger partial charge in [-0.05, 0) is 36.2 Å².